The lowest BCUT2D eigenvalue weighted by Crippen LogP contribution is -2.46. The minimum absolute atomic E-state index is 0.159. The van der Waals surface area contributed by atoms with Gasteiger partial charge in [-0.25, -0.2) is 4.79 Å². The van der Waals surface area contributed by atoms with Crippen LogP contribution in [0.2, 0.25) is 5.02 Å². The highest BCUT2D eigenvalue weighted by Crippen LogP contribution is 2.45. The molecule has 2 atom stereocenters. The van der Waals surface area contributed by atoms with E-state index in [2.05, 4.69) is 17.5 Å². The first-order valence-electron chi connectivity index (χ1n) is 12.7. The predicted molar refractivity (Wildman–Crippen MR) is 142 cm³/mol. The molecule has 2 aromatic carbocycles. The van der Waals surface area contributed by atoms with E-state index in [-0.39, 0.29) is 11.0 Å². The average Bonchev–Trinajstić information content (AvgIpc) is 3.02. The number of carboxylic acid groups (broad SMARTS) is 1. The molecule has 7 nitrogen and oxygen atoms in total. The van der Waals surface area contributed by atoms with Gasteiger partial charge in [0.05, 0.1) is 25.8 Å². The van der Waals surface area contributed by atoms with Crippen LogP contribution in [0.3, 0.4) is 0 Å². The third-order valence-electron chi connectivity index (χ3n) is 7.53. The van der Waals surface area contributed by atoms with Crippen molar-refractivity contribution in [3.05, 3.63) is 70.8 Å². The number of hydrogen-bond donors (Lipinski definition) is 2. The van der Waals surface area contributed by atoms with Gasteiger partial charge in [-0.05, 0) is 79.5 Å². The number of aliphatic hydroxyl groups is 1. The summed E-state index contributed by atoms with van der Waals surface area (Å²) in [7, 11) is 1.13. The Kier molecular flexibility index (Phi) is 8.14. The Morgan fingerprint density at radius 3 is 2.81 bits per heavy atom. The van der Waals surface area contributed by atoms with Crippen LogP contribution in [-0.2, 0) is 31.8 Å². The zero-order valence-electron chi connectivity index (χ0n) is 21.2. The average molecular weight is 528 g/mol. The second-order valence-corrected chi connectivity index (χ2v) is 10.5. The number of carbonyl (C=O) groups excluding carboxylic acids is 1. The normalized spacial score (nSPS) is 20.1. The first-order chi connectivity index (χ1) is 17.7. The van der Waals surface area contributed by atoms with E-state index < -0.39 is 24.0 Å². The number of esters is 1. The summed E-state index contributed by atoms with van der Waals surface area (Å²) in [4.78, 5) is 26.3. The van der Waals surface area contributed by atoms with Crippen molar-refractivity contribution in [1.29, 1.82) is 0 Å². The van der Waals surface area contributed by atoms with E-state index >= 15 is 0 Å². The van der Waals surface area contributed by atoms with Crippen molar-refractivity contribution in [3.63, 3.8) is 0 Å². The van der Waals surface area contributed by atoms with Crippen LogP contribution in [0, 0.1) is 0 Å². The van der Waals surface area contributed by atoms with Gasteiger partial charge in [-0.1, -0.05) is 29.8 Å². The summed E-state index contributed by atoms with van der Waals surface area (Å²) in [5.41, 5.74) is 0.790. The molecule has 0 saturated carbocycles. The molecule has 1 aliphatic heterocycles. The van der Waals surface area contributed by atoms with Gasteiger partial charge >= 0.3 is 11.9 Å². The van der Waals surface area contributed by atoms with Gasteiger partial charge < -0.3 is 24.6 Å². The molecule has 8 heteroatoms. The summed E-state index contributed by atoms with van der Waals surface area (Å²) < 4.78 is 11.2. The molecular weight excluding hydrogens is 494 g/mol. The molecule has 2 aliphatic rings. The Balaban J connectivity index is 1.77. The summed E-state index contributed by atoms with van der Waals surface area (Å²) in [5, 5.41) is 21.3. The maximum absolute atomic E-state index is 12.5. The smallest absolute Gasteiger partial charge is 0.343 e. The molecule has 1 unspecified atom stereocenters. The number of fused-ring (bicyclic) bond motifs is 3. The molecule has 0 radical (unpaired) electrons. The number of rotatable bonds is 9. The Morgan fingerprint density at radius 2 is 2.08 bits per heavy atom. The second-order valence-electron chi connectivity index (χ2n) is 10.0. The maximum atomic E-state index is 12.5. The summed E-state index contributed by atoms with van der Waals surface area (Å²) in [5.74, 6) is -1.69. The maximum Gasteiger partial charge on any atom is 0.343 e. The van der Waals surface area contributed by atoms with Gasteiger partial charge in [-0.15, -0.1) is 6.58 Å². The molecule has 2 N–H and O–H groups in total. The number of carboxylic acids is 1. The molecule has 0 fully saturated rings. The van der Waals surface area contributed by atoms with Crippen molar-refractivity contribution < 1.29 is 29.3 Å². The standard InChI is InChI=1S/C29H34ClNO6/c1-3-4-5-6-14-31-18-28(13-7-8-20-15-22(30)10-11-23(20)28)19-37-25-12-9-21(16-24(25)31)29(35,17-26(32)33)27(34)36-2/h3,9-12,15-16,35H,1,4-8,13-14,17-19H2,2H3,(H,32,33)/t28-,29?/m0/s1. The Bertz CT molecular complexity index is 1180. The first kappa shape index (κ1) is 27.0. The number of nitrogens with zero attached hydrogens (tertiary/aromatic N) is 1. The number of halogens is 1. The van der Waals surface area contributed by atoms with Gasteiger partial charge in [0.2, 0.25) is 0 Å². The van der Waals surface area contributed by atoms with Crippen LogP contribution < -0.4 is 9.64 Å². The fourth-order valence-corrected chi connectivity index (χ4v) is 5.87. The SMILES string of the molecule is C=CCCCCN1C[C@@]2(CCCc3cc(Cl)ccc32)COc2ccc(C(O)(CC(=O)O)C(=O)OC)cc21. The van der Waals surface area contributed by atoms with E-state index in [0.29, 0.717) is 18.9 Å². The molecule has 1 aliphatic carbocycles. The van der Waals surface area contributed by atoms with Crippen LogP contribution >= 0.6 is 11.6 Å². The van der Waals surface area contributed by atoms with Crippen molar-refractivity contribution in [2.75, 3.05) is 31.7 Å². The number of allylic oxidation sites excluding steroid dienone is 1. The molecule has 1 heterocycles. The van der Waals surface area contributed by atoms with Crippen LogP contribution in [0.4, 0.5) is 5.69 Å². The van der Waals surface area contributed by atoms with Crippen molar-refractivity contribution in [2.45, 2.75) is 56.0 Å². The highest BCUT2D eigenvalue weighted by molar-refractivity contribution is 6.30. The number of methoxy groups -OCH3 is 1. The first-order valence-corrected chi connectivity index (χ1v) is 13.0. The van der Waals surface area contributed by atoms with Crippen molar-refractivity contribution in [2.24, 2.45) is 0 Å². The molecule has 0 saturated heterocycles. The molecule has 1 spiro atoms. The fourth-order valence-electron chi connectivity index (χ4n) is 5.68. The lowest BCUT2D eigenvalue weighted by Gasteiger charge is -2.41. The quantitative estimate of drug-likeness (QED) is 0.269. The highest BCUT2D eigenvalue weighted by Gasteiger charge is 2.44. The van der Waals surface area contributed by atoms with Crippen LogP contribution in [0.15, 0.2) is 49.1 Å². The van der Waals surface area contributed by atoms with Gasteiger partial charge in [0, 0.05) is 23.5 Å². The van der Waals surface area contributed by atoms with Crippen LogP contribution in [0.25, 0.3) is 0 Å². The van der Waals surface area contributed by atoms with E-state index in [0.717, 1.165) is 62.9 Å². The van der Waals surface area contributed by atoms with Crippen LogP contribution in [0.5, 0.6) is 5.75 Å². The fraction of sp³-hybridized carbons (Fsp3) is 0.448. The van der Waals surface area contributed by atoms with Crippen molar-refractivity contribution >= 4 is 29.2 Å². The minimum Gasteiger partial charge on any atom is -0.490 e. The summed E-state index contributed by atoms with van der Waals surface area (Å²) in [6.07, 6.45) is 6.83. The summed E-state index contributed by atoms with van der Waals surface area (Å²) >= 11 is 6.32. The van der Waals surface area contributed by atoms with E-state index in [1.165, 1.54) is 11.1 Å². The number of carbonyl (C=O) groups is 2. The van der Waals surface area contributed by atoms with Gasteiger partial charge in [-0.3, -0.25) is 4.79 Å². The van der Waals surface area contributed by atoms with Crippen LogP contribution in [0.1, 0.15) is 55.2 Å². The molecule has 2 aromatic rings. The van der Waals surface area contributed by atoms with Crippen molar-refractivity contribution in [3.8, 4) is 5.75 Å². The topological polar surface area (TPSA) is 96.3 Å². The number of anilines is 1. The number of hydrogen-bond acceptors (Lipinski definition) is 6. The van der Waals surface area contributed by atoms with E-state index in [9.17, 15) is 19.8 Å². The molecular formula is C29H34ClNO6. The van der Waals surface area contributed by atoms with E-state index in [4.69, 9.17) is 21.1 Å². The molecule has 0 bridgehead atoms. The lowest BCUT2D eigenvalue weighted by atomic mass is 9.70. The zero-order chi connectivity index (χ0) is 26.6. The van der Waals surface area contributed by atoms with Crippen molar-refractivity contribution in [1.82, 2.24) is 0 Å². The Morgan fingerprint density at radius 1 is 1.27 bits per heavy atom. The predicted octanol–water partition coefficient (Wildman–Crippen LogP) is 5.00. The number of ether oxygens (including phenoxy) is 2. The number of aliphatic carboxylic acids is 1. The van der Waals surface area contributed by atoms with E-state index in [1.54, 1.807) is 18.2 Å². The molecule has 37 heavy (non-hydrogen) atoms. The number of aryl methyl sites for hydroxylation is 1. The molecule has 4 rings (SSSR count). The Hall–Kier alpha value is -3.03. The molecule has 198 valence electrons. The summed E-state index contributed by atoms with van der Waals surface area (Å²) in [6.45, 7) is 5.71. The van der Waals surface area contributed by atoms with Gasteiger partial charge in [-0.2, -0.15) is 0 Å². The number of benzene rings is 2. The highest BCUT2D eigenvalue weighted by atomic mass is 35.5. The molecule has 0 aromatic heterocycles. The van der Waals surface area contributed by atoms with Gasteiger partial charge in [0.15, 0.2) is 5.60 Å². The Labute approximate surface area is 222 Å². The number of unbranched alkanes of at least 4 members (excludes halogenated alkanes) is 2. The largest absolute Gasteiger partial charge is 0.490 e. The van der Waals surface area contributed by atoms with Crippen LogP contribution in [-0.4, -0.2) is 49.0 Å². The zero-order valence-corrected chi connectivity index (χ0v) is 21.9. The van der Waals surface area contributed by atoms with E-state index in [1.807, 2.05) is 18.2 Å². The van der Waals surface area contributed by atoms with Gasteiger partial charge in [0.25, 0.3) is 0 Å². The van der Waals surface area contributed by atoms with Gasteiger partial charge in [0.1, 0.15) is 5.75 Å². The summed E-state index contributed by atoms with van der Waals surface area (Å²) in [6, 6.07) is 11.0. The minimum atomic E-state index is -2.32. The molecule has 0 amide bonds. The lowest BCUT2D eigenvalue weighted by molar-refractivity contribution is -0.169. The third kappa shape index (κ3) is 5.48. The third-order valence-corrected chi connectivity index (χ3v) is 7.77. The second kappa shape index (κ2) is 11.2. The monoisotopic (exact) mass is 527 g/mol.